The fraction of sp³-hybridized carbons (Fsp3) is 0.400. The topological polar surface area (TPSA) is 36.4 Å². The van der Waals surface area contributed by atoms with Gasteiger partial charge in [0.25, 0.3) is 0 Å². The summed E-state index contributed by atoms with van der Waals surface area (Å²) in [5.41, 5.74) is 2.34. The van der Waals surface area contributed by atoms with Crippen molar-refractivity contribution in [2.24, 2.45) is 0 Å². The predicted octanol–water partition coefficient (Wildman–Crippen LogP) is 2.19. The molecule has 2 heterocycles. The highest BCUT2D eigenvalue weighted by molar-refractivity contribution is 5.81. The summed E-state index contributed by atoms with van der Waals surface area (Å²) in [5.74, 6) is 0. The highest BCUT2D eigenvalue weighted by atomic mass is 16.3. The third-order valence-corrected chi connectivity index (χ3v) is 3.80. The third-order valence-electron chi connectivity index (χ3n) is 3.80. The molecule has 1 aromatic carbocycles. The lowest BCUT2D eigenvalue weighted by Gasteiger charge is -2.23. The number of hydrogen-bond donors (Lipinski definition) is 1. The molecule has 3 heteroatoms. The van der Waals surface area contributed by atoms with Crippen molar-refractivity contribution in [3.8, 4) is 0 Å². The number of aliphatic hydroxyl groups is 1. The van der Waals surface area contributed by atoms with Gasteiger partial charge in [-0.2, -0.15) is 0 Å². The molecule has 94 valence electrons. The van der Waals surface area contributed by atoms with Gasteiger partial charge in [0.15, 0.2) is 0 Å². The molecule has 1 aliphatic rings. The van der Waals surface area contributed by atoms with Crippen molar-refractivity contribution >= 4 is 10.9 Å². The molecular weight excluding hydrogens is 224 g/mol. The molecule has 0 radical (unpaired) electrons. The number of hydrogen-bond acceptors (Lipinski definition) is 3. The minimum absolute atomic E-state index is 0.262. The summed E-state index contributed by atoms with van der Waals surface area (Å²) in [4.78, 5) is 6.85. The quantitative estimate of drug-likeness (QED) is 0.896. The van der Waals surface area contributed by atoms with Gasteiger partial charge in [-0.25, -0.2) is 0 Å². The largest absolute Gasteiger partial charge is 0.395 e. The van der Waals surface area contributed by atoms with Crippen LogP contribution in [0, 0.1) is 0 Å². The van der Waals surface area contributed by atoms with Crippen LogP contribution < -0.4 is 0 Å². The monoisotopic (exact) mass is 242 g/mol. The van der Waals surface area contributed by atoms with E-state index in [9.17, 15) is 5.11 Å². The van der Waals surface area contributed by atoms with E-state index in [0.29, 0.717) is 6.04 Å². The summed E-state index contributed by atoms with van der Waals surface area (Å²) in [6.07, 6.45) is 4.14. The van der Waals surface area contributed by atoms with E-state index >= 15 is 0 Å². The average Bonchev–Trinajstić information content (AvgIpc) is 2.86. The normalized spacial score (nSPS) is 20.6. The Morgan fingerprint density at radius 3 is 3.06 bits per heavy atom. The van der Waals surface area contributed by atoms with E-state index in [-0.39, 0.29) is 6.61 Å². The van der Waals surface area contributed by atoms with Crippen LogP contribution in [0.3, 0.4) is 0 Å². The number of aromatic nitrogens is 1. The van der Waals surface area contributed by atoms with Gasteiger partial charge >= 0.3 is 0 Å². The van der Waals surface area contributed by atoms with Crippen molar-refractivity contribution < 1.29 is 5.11 Å². The maximum atomic E-state index is 9.37. The fourth-order valence-electron chi connectivity index (χ4n) is 2.82. The van der Waals surface area contributed by atoms with Crippen molar-refractivity contribution in [1.29, 1.82) is 0 Å². The van der Waals surface area contributed by atoms with Crippen LogP contribution in [-0.2, 0) is 6.54 Å². The zero-order valence-corrected chi connectivity index (χ0v) is 10.4. The summed E-state index contributed by atoms with van der Waals surface area (Å²) < 4.78 is 0. The number of aliphatic hydroxyl groups excluding tert-OH is 1. The average molecular weight is 242 g/mol. The standard InChI is InChI=1S/C15H18N2O/c18-11-14-7-3-9-17(14)10-13-5-1-4-12-6-2-8-16-15(12)13/h1-2,4-6,8,14,18H,3,7,9-11H2/t14-/m1/s1. The fourth-order valence-corrected chi connectivity index (χ4v) is 2.82. The molecule has 1 fully saturated rings. The van der Waals surface area contributed by atoms with Crippen LogP contribution >= 0.6 is 0 Å². The number of nitrogens with zero attached hydrogens (tertiary/aromatic N) is 2. The summed E-state index contributed by atoms with van der Waals surface area (Å²) in [7, 11) is 0. The Hall–Kier alpha value is -1.45. The van der Waals surface area contributed by atoms with Gasteiger partial charge in [-0.15, -0.1) is 0 Å². The molecule has 1 N–H and O–H groups in total. The Kier molecular flexibility index (Phi) is 3.26. The van der Waals surface area contributed by atoms with Crippen LogP contribution in [0.25, 0.3) is 10.9 Å². The summed E-state index contributed by atoms with van der Waals surface area (Å²) in [6, 6.07) is 10.7. The number of pyridine rings is 1. The van der Waals surface area contributed by atoms with E-state index in [1.165, 1.54) is 17.4 Å². The van der Waals surface area contributed by atoms with Crippen LogP contribution in [0.2, 0.25) is 0 Å². The molecule has 2 aromatic rings. The zero-order valence-electron chi connectivity index (χ0n) is 10.4. The Morgan fingerprint density at radius 1 is 1.28 bits per heavy atom. The Bertz CT molecular complexity index is 536. The molecule has 0 bridgehead atoms. The molecular formula is C15H18N2O. The van der Waals surface area contributed by atoms with Crippen molar-refractivity contribution in [2.45, 2.75) is 25.4 Å². The first kappa shape index (κ1) is 11.6. The van der Waals surface area contributed by atoms with Crippen molar-refractivity contribution in [3.05, 3.63) is 42.1 Å². The lowest BCUT2D eigenvalue weighted by molar-refractivity contribution is 0.154. The maximum Gasteiger partial charge on any atom is 0.0746 e. The van der Waals surface area contributed by atoms with Crippen LogP contribution in [0.5, 0.6) is 0 Å². The first-order valence-electron chi connectivity index (χ1n) is 6.56. The van der Waals surface area contributed by atoms with E-state index in [1.54, 1.807) is 0 Å². The van der Waals surface area contributed by atoms with Crippen LogP contribution in [0.4, 0.5) is 0 Å². The lowest BCUT2D eigenvalue weighted by atomic mass is 10.1. The molecule has 18 heavy (non-hydrogen) atoms. The number of fused-ring (bicyclic) bond motifs is 1. The number of para-hydroxylation sites is 1. The summed E-state index contributed by atoms with van der Waals surface area (Å²) >= 11 is 0. The zero-order chi connectivity index (χ0) is 12.4. The Balaban J connectivity index is 1.90. The highest BCUT2D eigenvalue weighted by Crippen LogP contribution is 2.23. The second kappa shape index (κ2) is 5.04. The van der Waals surface area contributed by atoms with E-state index in [2.05, 4.69) is 34.1 Å². The first-order valence-corrected chi connectivity index (χ1v) is 6.56. The van der Waals surface area contributed by atoms with Crippen LogP contribution in [0.15, 0.2) is 36.5 Å². The molecule has 3 nitrogen and oxygen atoms in total. The summed E-state index contributed by atoms with van der Waals surface area (Å²) in [5, 5.41) is 10.6. The molecule has 1 aliphatic heterocycles. The minimum Gasteiger partial charge on any atom is -0.395 e. The SMILES string of the molecule is OC[C@H]1CCCN1Cc1cccc2cccnc12. The van der Waals surface area contributed by atoms with Crippen LogP contribution in [0.1, 0.15) is 18.4 Å². The van der Waals surface area contributed by atoms with E-state index in [4.69, 9.17) is 0 Å². The maximum absolute atomic E-state index is 9.37. The molecule has 0 unspecified atom stereocenters. The second-order valence-corrected chi connectivity index (χ2v) is 4.94. The number of likely N-dealkylation sites (tertiary alicyclic amines) is 1. The van der Waals surface area contributed by atoms with Crippen molar-refractivity contribution in [3.63, 3.8) is 0 Å². The van der Waals surface area contributed by atoms with Crippen molar-refractivity contribution in [2.75, 3.05) is 13.2 Å². The molecule has 1 atom stereocenters. The first-order chi connectivity index (χ1) is 8.88. The molecule has 0 amide bonds. The molecule has 3 rings (SSSR count). The van der Waals surface area contributed by atoms with Gasteiger partial charge in [0.2, 0.25) is 0 Å². The minimum atomic E-state index is 0.262. The van der Waals surface area contributed by atoms with Gasteiger partial charge in [-0.05, 0) is 31.0 Å². The van der Waals surface area contributed by atoms with Gasteiger partial charge < -0.3 is 5.11 Å². The molecule has 0 spiro atoms. The summed E-state index contributed by atoms with van der Waals surface area (Å²) in [6.45, 7) is 2.23. The molecule has 0 aliphatic carbocycles. The third kappa shape index (κ3) is 2.11. The number of benzene rings is 1. The van der Waals surface area contributed by atoms with Gasteiger partial charge in [0.1, 0.15) is 0 Å². The highest BCUT2D eigenvalue weighted by Gasteiger charge is 2.23. The van der Waals surface area contributed by atoms with E-state index < -0.39 is 0 Å². The van der Waals surface area contributed by atoms with Gasteiger partial charge in [-0.1, -0.05) is 24.3 Å². The molecule has 1 aromatic heterocycles. The van der Waals surface area contributed by atoms with Gasteiger partial charge in [0.05, 0.1) is 12.1 Å². The van der Waals surface area contributed by atoms with E-state index in [1.807, 2.05) is 12.3 Å². The Morgan fingerprint density at radius 2 is 2.17 bits per heavy atom. The predicted molar refractivity (Wildman–Crippen MR) is 72.3 cm³/mol. The molecule has 1 saturated heterocycles. The molecule has 0 saturated carbocycles. The van der Waals surface area contributed by atoms with Gasteiger partial charge in [0, 0.05) is 24.2 Å². The lowest BCUT2D eigenvalue weighted by Crippen LogP contribution is -2.31. The second-order valence-electron chi connectivity index (χ2n) is 4.94. The Labute approximate surface area is 107 Å². The van der Waals surface area contributed by atoms with Gasteiger partial charge in [-0.3, -0.25) is 9.88 Å². The van der Waals surface area contributed by atoms with Crippen molar-refractivity contribution in [1.82, 2.24) is 9.88 Å². The smallest absolute Gasteiger partial charge is 0.0746 e. The number of rotatable bonds is 3. The van der Waals surface area contributed by atoms with E-state index in [0.717, 1.165) is 25.0 Å². The van der Waals surface area contributed by atoms with Crippen LogP contribution in [-0.4, -0.2) is 34.2 Å².